The van der Waals surface area contributed by atoms with Crippen LogP contribution in [0.15, 0.2) is 11.6 Å². The van der Waals surface area contributed by atoms with E-state index >= 15 is 0 Å². The third-order valence-electron chi connectivity index (χ3n) is 3.04. The van der Waals surface area contributed by atoms with Crippen LogP contribution in [0.2, 0.25) is 0 Å². The zero-order valence-corrected chi connectivity index (χ0v) is 11.5. The molecule has 2 heterocycles. The summed E-state index contributed by atoms with van der Waals surface area (Å²) < 4.78 is 5.60. The van der Waals surface area contributed by atoms with Gasteiger partial charge in [-0.05, 0) is 13.3 Å². The van der Waals surface area contributed by atoms with E-state index in [0.717, 1.165) is 24.5 Å². The first-order chi connectivity index (χ1) is 8.63. The molecule has 1 aromatic heterocycles. The molecule has 2 rings (SSSR count). The van der Waals surface area contributed by atoms with Crippen LogP contribution in [0, 0.1) is 0 Å². The Morgan fingerprint density at radius 1 is 1.72 bits per heavy atom. The van der Waals surface area contributed by atoms with E-state index in [9.17, 15) is 4.79 Å². The number of nitrogens with zero attached hydrogens (tertiary/aromatic N) is 1. The summed E-state index contributed by atoms with van der Waals surface area (Å²) in [6, 6.07) is -0.00609. The molecule has 5 nitrogen and oxygen atoms in total. The molecular weight excluding hydrogens is 250 g/mol. The van der Waals surface area contributed by atoms with Crippen molar-refractivity contribution in [1.29, 1.82) is 0 Å². The molecule has 0 bridgehead atoms. The van der Waals surface area contributed by atoms with E-state index < -0.39 is 0 Å². The van der Waals surface area contributed by atoms with Gasteiger partial charge < -0.3 is 15.4 Å². The number of thiazole rings is 1. The van der Waals surface area contributed by atoms with Crippen molar-refractivity contribution in [3.05, 3.63) is 16.6 Å². The topological polar surface area (TPSA) is 63.2 Å². The fourth-order valence-electron chi connectivity index (χ4n) is 1.80. The van der Waals surface area contributed by atoms with Gasteiger partial charge in [-0.25, -0.2) is 4.98 Å². The van der Waals surface area contributed by atoms with E-state index in [0.29, 0.717) is 0 Å². The van der Waals surface area contributed by atoms with Crippen LogP contribution in [-0.2, 0) is 9.53 Å². The van der Waals surface area contributed by atoms with E-state index in [-0.39, 0.29) is 24.2 Å². The number of carbonyl (C=O) groups is 1. The van der Waals surface area contributed by atoms with Gasteiger partial charge in [0, 0.05) is 24.7 Å². The van der Waals surface area contributed by atoms with Gasteiger partial charge in [0.2, 0.25) is 5.91 Å². The van der Waals surface area contributed by atoms with Gasteiger partial charge in [0.25, 0.3) is 0 Å². The van der Waals surface area contributed by atoms with Gasteiger partial charge in [-0.2, -0.15) is 0 Å². The third kappa shape index (κ3) is 3.28. The first kappa shape index (κ1) is 13.5. The lowest BCUT2D eigenvalue weighted by Gasteiger charge is -2.38. The third-order valence-corrected chi connectivity index (χ3v) is 3.93. The van der Waals surface area contributed by atoms with Gasteiger partial charge in [0.15, 0.2) is 0 Å². The van der Waals surface area contributed by atoms with E-state index in [1.54, 1.807) is 17.5 Å². The molecule has 0 saturated carbocycles. The zero-order chi connectivity index (χ0) is 13.0. The fourth-order valence-corrected chi connectivity index (χ4v) is 2.57. The first-order valence-electron chi connectivity index (χ1n) is 6.16. The highest BCUT2D eigenvalue weighted by Gasteiger charge is 2.33. The quantitative estimate of drug-likeness (QED) is 0.811. The van der Waals surface area contributed by atoms with E-state index in [1.165, 1.54) is 0 Å². The maximum Gasteiger partial charge on any atom is 0.246 e. The highest BCUT2D eigenvalue weighted by molar-refractivity contribution is 7.09. The maximum atomic E-state index is 11.8. The minimum atomic E-state index is -0.180. The Labute approximate surface area is 111 Å². The lowest BCUT2D eigenvalue weighted by Crippen LogP contribution is -2.59. The van der Waals surface area contributed by atoms with Crippen LogP contribution in [0.25, 0.3) is 0 Å². The lowest BCUT2D eigenvalue weighted by atomic mass is 10.0. The minimum absolute atomic E-state index is 0.00609. The Kier molecular flexibility index (Phi) is 4.31. The summed E-state index contributed by atoms with van der Waals surface area (Å²) >= 11 is 1.56. The number of hydrogen-bond donors (Lipinski definition) is 2. The van der Waals surface area contributed by atoms with Crippen molar-refractivity contribution in [2.45, 2.75) is 31.9 Å². The first-order valence-corrected chi connectivity index (χ1v) is 7.04. The summed E-state index contributed by atoms with van der Waals surface area (Å²) in [5.41, 5.74) is -0.180. The van der Waals surface area contributed by atoms with Gasteiger partial charge in [0.05, 0.1) is 11.6 Å². The monoisotopic (exact) mass is 269 g/mol. The van der Waals surface area contributed by atoms with Gasteiger partial charge in [0.1, 0.15) is 11.6 Å². The number of carbonyl (C=O) groups excluding carboxylic acids is 1. The average molecular weight is 269 g/mol. The zero-order valence-electron chi connectivity index (χ0n) is 10.7. The van der Waals surface area contributed by atoms with Crippen molar-refractivity contribution in [3.8, 4) is 0 Å². The highest BCUT2D eigenvalue weighted by Crippen LogP contribution is 2.19. The summed E-state index contributed by atoms with van der Waals surface area (Å²) in [6.07, 6.45) is 2.59. The highest BCUT2D eigenvalue weighted by atomic mass is 32.1. The van der Waals surface area contributed by atoms with Gasteiger partial charge in [-0.3, -0.25) is 4.79 Å². The summed E-state index contributed by atoms with van der Waals surface area (Å²) in [5.74, 6) is -0.0785. The molecule has 0 aliphatic carbocycles. The Morgan fingerprint density at radius 3 is 3.00 bits per heavy atom. The second-order valence-corrected chi connectivity index (χ2v) is 5.67. The SMILES string of the molecule is CCC(NC(=O)COC1(C)CNC1)c1nccs1. The smallest absolute Gasteiger partial charge is 0.246 e. The van der Waals surface area contributed by atoms with Crippen LogP contribution in [0.4, 0.5) is 0 Å². The average Bonchev–Trinajstić information content (AvgIpc) is 2.84. The number of hydrogen-bond acceptors (Lipinski definition) is 5. The Morgan fingerprint density at radius 2 is 2.50 bits per heavy atom. The van der Waals surface area contributed by atoms with Crippen molar-refractivity contribution in [3.63, 3.8) is 0 Å². The van der Waals surface area contributed by atoms with Crippen LogP contribution in [-0.4, -0.2) is 36.2 Å². The molecular formula is C12H19N3O2S. The van der Waals surface area contributed by atoms with E-state index in [4.69, 9.17) is 4.74 Å². The molecule has 1 aromatic rings. The number of rotatable bonds is 6. The van der Waals surface area contributed by atoms with Crippen molar-refractivity contribution in [1.82, 2.24) is 15.6 Å². The van der Waals surface area contributed by atoms with Gasteiger partial charge in [-0.1, -0.05) is 6.92 Å². The summed E-state index contributed by atoms with van der Waals surface area (Å²) in [7, 11) is 0. The molecule has 1 saturated heterocycles. The Balaban J connectivity index is 1.79. The lowest BCUT2D eigenvalue weighted by molar-refractivity contribution is -0.136. The molecule has 100 valence electrons. The van der Waals surface area contributed by atoms with Crippen molar-refractivity contribution in [2.24, 2.45) is 0 Å². The second-order valence-electron chi connectivity index (χ2n) is 4.74. The molecule has 2 N–H and O–H groups in total. The van der Waals surface area contributed by atoms with Crippen LogP contribution < -0.4 is 10.6 Å². The van der Waals surface area contributed by atoms with Crippen LogP contribution >= 0.6 is 11.3 Å². The van der Waals surface area contributed by atoms with Crippen LogP contribution in [0.1, 0.15) is 31.3 Å². The van der Waals surface area contributed by atoms with E-state index in [2.05, 4.69) is 15.6 Å². The second kappa shape index (κ2) is 5.77. The molecule has 6 heteroatoms. The summed E-state index contributed by atoms with van der Waals surface area (Å²) in [5, 5.41) is 8.95. The normalized spacial score (nSPS) is 19.0. The molecule has 18 heavy (non-hydrogen) atoms. The van der Waals surface area contributed by atoms with Crippen molar-refractivity contribution in [2.75, 3.05) is 19.7 Å². The minimum Gasteiger partial charge on any atom is -0.363 e. The number of amides is 1. The molecule has 1 fully saturated rings. The molecule has 0 radical (unpaired) electrons. The standard InChI is InChI=1S/C12H19N3O2S/c1-3-9(11-14-4-5-18-11)15-10(16)6-17-12(2)7-13-8-12/h4-5,9,13H,3,6-8H2,1-2H3,(H,15,16). The molecule has 0 spiro atoms. The number of ether oxygens (including phenoxy) is 1. The number of aromatic nitrogens is 1. The summed E-state index contributed by atoms with van der Waals surface area (Å²) in [4.78, 5) is 16.0. The molecule has 1 amide bonds. The largest absolute Gasteiger partial charge is 0.363 e. The molecule has 1 aliphatic rings. The van der Waals surface area contributed by atoms with Gasteiger partial charge >= 0.3 is 0 Å². The van der Waals surface area contributed by atoms with Crippen LogP contribution in [0.3, 0.4) is 0 Å². The fraction of sp³-hybridized carbons (Fsp3) is 0.667. The molecule has 0 aromatic carbocycles. The molecule has 1 unspecified atom stereocenters. The Bertz CT molecular complexity index is 390. The Hall–Kier alpha value is -0.980. The predicted octanol–water partition coefficient (Wildman–Crippen LogP) is 1.09. The molecule has 1 atom stereocenters. The van der Waals surface area contributed by atoms with Crippen molar-refractivity contribution < 1.29 is 9.53 Å². The maximum absolute atomic E-state index is 11.8. The molecule has 1 aliphatic heterocycles. The van der Waals surface area contributed by atoms with Crippen molar-refractivity contribution >= 4 is 17.2 Å². The van der Waals surface area contributed by atoms with E-state index in [1.807, 2.05) is 19.2 Å². The van der Waals surface area contributed by atoms with Crippen LogP contribution in [0.5, 0.6) is 0 Å². The van der Waals surface area contributed by atoms with Gasteiger partial charge in [-0.15, -0.1) is 11.3 Å². The number of nitrogens with one attached hydrogen (secondary N) is 2. The summed E-state index contributed by atoms with van der Waals surface area (Å²) in [6.45, 7) is 5.77. The predicted molar refractivity (Wildman–Crippen MR) is 70.5 cm³/mol.